The number of thiophene rings is 1. The average Bonchev–Trinajstić information content (AvgIpc) is 3.30. The van der Waals surface area contributed by atoms with Crippen LogP contribution in [0.15, 0.2) is 4.90 Å². The van der Waals surface area contributed by atoms with Gasteiger partial charge in [-0.05, 0) is 31.9 Å². The van der Waals surface area contributed by atoms with Gasteiger partial charge in [-0.15, -0.1) is 23.1 Å². The van der Waals surface area contributed by atoms with Crippen molar-refractivity contribution in [3.8, 4) is 0 Å². The zero-order valence-electron chi connectivity index (χ0n) is 12.6. The predicted molar refractivity (Wildman–Crippen MR) is 89.8 cm³/mol. The van der Waals surface area contributed by atoms with E-state index in [1.165, 1.54) is 5.00 Å². The summed E-state index contributed by atoms with van der Waals surface area (Å²) in [7, 11) is 1.78. The van der Waals surface area contributed by atoms with E-state index < -0.39 is 0 Å². The molecule has 1 aromatic rings. The highest BCUT2D eigenvalue weighted by Gasteiger charge is 2.35. The summed E-state index contributed by atoms with van der Waals surface area (Å²) in [6, 6.07) is 0. The van der Waals surface area contributed by atoms with Crippen molar-refractivity contribution in [2.24, 2.45) is 5.92 Å². The van der Waals surface area contributed by atoms with Crippen LogP contribution in [0.1, 0.15) is 35.4 Å². The predicted octanol–water partition coefficient (Wildman–Crippen LogP) is 3.26. The molecular formula is C15H22N2O2S2. The molecule has 1 aromatic heterocycles. The lowest BCUT2D eigenvalue weighted by Crippen LogP contribution is -2.36. The van der Waals surface area contributed by atoms with Crippen molar-refractivity contribution in [2.75, 3.05) is 37.1 Å². The molecule has 116 valence electrons. The first kappa shape index (κ1) is 15.2. The van der Waals surface area contributed by atoms with Gasteiger partial charge >= 0.3 is 0 Å². The van der Waals surface area contributed by atoms with Gasteiger partial charge in [0.25, 0.3) is 0 Å². The summed E-state index contributed by atoms with van der Waals surface area (Å²) in [6.45, 7) is 1.95. The summed E-state index contributed by atoms with van der Waals surface area (Å²) in [6.07, 6.45) is 6.53. The fourth-order valence-corrected chi connectivity index (χ4v) is 5.08. The number of nitrogens with two attached hydrogens (primary N) is 1. The van der Waals surface area contributed by atoms with E-state index in [1.54, 1.807) is 30.2 Å². The summed E-state index contributed by atoms with van der Waals surface area (Å²) in [4.78, 5) is 16.6. The van der Waals surface area contributed by atoms with E-state index in [9.17, 15) is 4.79 Å². The number of thioether (sulfide) groups is 1. The number of nitrogens with zero attached hydrogens (tertiary/aromatic N) is 1. The molecule has 2 aliphatic rings. The zero-order valence-corrected chi connectivity index (χ0v) is 14.2. The smallest absolute Gasteiger partial charge is 0.178 e. The minimum absolute atomic E-state index is 0.229. The number of carbonyl (C=O) groups is 1. The molecule has 1 saturated heterocycles. The van der Waals surface area contributed by atoms with Gasteiger partial charge in [0.05, 0.1) is 21.6 Å². The molecule has 2 fully saturated rings. The first-order chi connectivity index (χ1) is 10.2. The summed E-state index contributed by atoms with van der Waals surface area (Å²) in [5, 5.41) is 1.18. The van der Waals surface area contributed by atoms with Crippen LogP contribution >= 0.6 is 23.1 Å². The van der Waals surface area contributed by atoms with E-state index in [4.69, 9.17) is 10.5 Å². The molecule has 0 atom stereocenters. The number of rotatable bonds is 5. The highest BCUT2D eigenvalue weighted by molar-refractivity contribution is 7.99. The number of hydrogen-bond acceptors (Lipinski definition) is 6. The van der Waals surface area contributed by atoms with Crippen molar-refractivity contribution >= 4 is 39.6 Å². The summed E-state index contributed by atoms with van der Waals surface area (Å²) in [5.41, 5.74) is 6.96. The number of methoxy groups -OCH3 is 1. The molecule has 2 N–H and O–H groups in total. The Labute approximate surface area is 134 Å². The van der Waals surface area contributed by atoms with Crippen LogP contribution in [0.25, 0.3) is 0 Å². The highest BCUT2D eigenvalue weighted by atomic mass is 32.2. The van der Waals surface area contributed by atoms with E-state index in [0.717, 1.165) is 48.5 Å². The number of carbonyl (C=O) groups excluding carboxylic acids is 1. The van der Waals surface area contributed by atoms with Crippen LogP contribution in [-0.4, -0.2) is 38.3 Å². The lowest BCUT2D eigenvalue weighted by Gasteiger charge is -2.32. The molecule has 0 unspecified atom stereocenters. The third-order valence-corrected chi connectivity index (χ3v) is 6.55. The molecule has 1 saturated carbocycles. The number of ether oxygens (including phenoxy) is 1. The first-order valence-electron chi connectivity index (χ1n) is 7.44. The molecule has 0 radical (unpaired) electrons. The Balaban J connectivity index is 1.84. The van der Waals surface area contributed by atoms with Crippen molar-refractivity contribution in [3.05, 3.63) is 4.88 Å². The Kier molecular flexibility index (Phi) is 4.47. The summed E-state index contributed by atoms with van der Waals surface area (Å²) >= 11 is 3.25. The lowest BCUT2D eigenvalue weighted by atomic mass is 10.1. The Morgan fingerprint density at radius 1 is 1.33 bits per heavy atom. The second kappa shape index (κ2) is 6.18. The van der Waals surface area contributed by atoms with E-state index in [0.29, 0.717) is 11.8 Å². The largest absolute Gasteiger partial charge is 0.396 e. The minimum atomic E-state index is 0.229. The van der Waals surface area contributed by atoms with E-state index >= 15 is 0 Å². The molecule has 4 nitrogen and oxygen atoms in total. The van der Waals surface area contributed by atoms with E-state index in [-0.39, 0.29) is 11.7 Å². The molecule has 0 aromatic carbocycles. The van der Waals surface area contributed by atoms with Gasteiger partial charge in [-0.2, -0.15) is 0 Å². The number of nitrogen functional groups attached to an aromatic ring is 1. The van der Waals surface area contributed by atoms with Crippen LogP contribution in [0, 0.1) is 5.92 Å². The molecule has 1 aliphatic heterocycles. The van der Waals surface area contributed by atoms with E-state index in [1.807, 2.05) is 6.26 Å². The molecule has 6 heteroatoms. The van der Waals surface area contributed by atoms with Crippen LogP contribution in [0.5, 0.6) is 0 Å². The van der Waals surface area contributed by atoms with Gasteiger partial charge in [-0.25, -0.2) is 0 Å². The molecule has 21 heavy (non-hydrogen) atoms. The maximum atomic E-state index is 12.4. The Hall–Kier alpha value is -0.720. The topological polar surface area (TPSA) is 55.6 Å². The van der Waals surface area contributed by atoms with E-state index in [2.05, 4.69) is 4.90 Å². The van der Waals surface area contributed by atoms with Crippen molar-refractivity contribution in [1.29, 1.82) is 0 Å². The zero-order chi connectivity index (χ0) is 15.0. The Morgan fingerprint density at radius 2 is 2.00 bits per heavy atom. The normalized spacial score (nSPS) is 20.0. The minimum Gasteiger partial charge on any atom is -0.396 e. The van der Waals surface area contributed by atoms with Crippen LogP contribution in [0.2, 0.25) is 0 Å². The van der Waals surface area contributed by atoms with Crippen molar-refractivity contribution in [3.63, 3.8) is 0 Å². The summed E-state index contributed by atoms with van der Waals surface area (Å²) < 4.78 is 5.43. The third kappa shape index (κ3) is 2.94. The maximum Gasteiger partial charge on any atom is 0.178 e. The van der Waals surface area contributed by atoms with Gasteiger partial charge in [-0.3, -0.25) is 4.79 Å². The van der Waals surface area contributed by atoms with Gasteiger partial charge < -0.3 is 15.4 Å². The number of hydrogen-bond donors (Lipinski definition) is 1. The fraction of sp³-hybridized carbons (Fsp3) is 0.667. The van der Waals surface area contributed by atoms with Crippen molar-refractivity contribution < 1.29 is 9.53 Å². The van der Waals surface area contributed by atoms with Crippen molar-refractivity contribution in [1.82, 2.24) is 0 Å². The molecule has 3 rings (SSSR count). The van der Waals surface area contributed by atoms with Gasteiger partial charge in [0.1, 0.15) is 5.00 Å². The third-order valence-electron chi connectivity index (χ3n) is 4.32. The molecule has 0 spiro atoms. The standard InChI is InChI=1S/C15H22N2O2S2/c1-19-10-5-7-17(8-6-10)15-14(20-2)11(16)13(21-15)12(18)9-3-4-9/h9-10H,3-8,16H2,1-2H3. The van der Waals surface area contributed by atoms with Crippen LogP contribution in [-0.2, 0) is 4.74 Å². The SMILES string of the molecule is COC1CCN(c2sc(C(=O)C3CC3)c(N)c2SC)CC1. The molecule has 0 amide bonds. The number of piperidine rings is 1. The molecule has 0 bridgehead atoms. The maximum absolute atomic E-state index is 12.4. The second-order valence-electron chi connectivity index (χ2n) is 5.74. The Bertz CT molecular complexity index is 532. The number of ketones is 1. The average molecular weight is 326 g/mol. The Morgan fingerprint density at radius 3 is 2.52 bits per heavy atom. The molecule has 1 aliphatic carbocycles. The van der Waals surface area contributed by atoms with Crippen LogP contribution in [0.4, 0.5) is 10.7 Å². The number of anilines is 2. The van der Waals surface area contributed by atoms with Gasteiger partial charge in [0.2, 0.25) is 0 Å². The monoisotopic (exact) mass is 326 g/mol. The number of Topliss-reactive ketones (excluding diaryl/α,β-unsaturated/α-hetero) is 1. The highest BCUT2D eigenvalue weighted by Crippen LogP contribution is 2.47. The summed E-state index contributed by atoms with van der Waals surface area (Å²) in [5.74, 6) is 0.485. The quantitative estimate of drug-likeness (QED) is 0.665. The second-order valence-corrected chi connectivity index (χ2v) is 7.56. The fourth-order valence-electron chi connectivity index (χ4n) is 2.83. The van der Waals surface area contributed by atoms with Gasteiger partial charge in [0, 0.05) is 26.1 Å². The van der Waals surface area contributed by atoms with Crippen LogP contribution in [0.3, 0.4) is 0 Å². The van der Waals surface area contributed by atoms with Crippen LogP contribution < -0.4 is 10.6 Å². The first-order valence-corrected chi connectivity index (χ1v) is 9.48. The lowest BCUT2D eigenvalue weighted by molar-refractivity contribution is 0.0819. The van der Waals surface area contributed by atoms with Gasteiger partial charge in [-0.1, -0.05) is 0 Å². The molecular weight excluding hydrogens is 304 g/mol. The van der Waals surface area contributed by atoms with Gasteiger partial charge in [0.15, 0.2) is 5.78 Å². The van der Waals surface area contributed by atoms with Crippen molar-refractivity contribution in [2.45, 2.75) is 36.7 Å². The molecule has 2 heterocycles.